The smallest absolute Gasteiger partial charge is 0.146 e. The van der Waals surface area contributed by atoms with Gasteiger partial charge >= 0.3 is 0 Å². The second-order valence-corrected chi connectivity index (χ2v) is 6.27. The quantitative estimate of drug-likeness (QED) is 0.430. The first-order valence-corrected chi connectivity index (χ1v) is 8.82. The fraction of sp³-hybridized carbons (Fsp3) is 0.182. The summed E-state index contributed by atoms with van der Waals surface area (Å²) in [5.41, 5.74) is 5.02. The van der Waals surface area contributed by atoms with E-state index in [1.165, 1.54) is 0 Å². The van der Waals surface area contributed by atoms with E-state index in [2.05, 4.69) is 20.5 Å². The van der Waals surface area contributed by atoms with Crippen LogP contribution in [0, 0.1) is 13.8 Å². The summed E-state index contributed by atoms with van der Waals surface area (Å²) in [5.74, 6) is 1.39. The van der Waals surface area contributed by atoms with Gasteiger partial charge in [0.1, 0.15) is 22.9 Å². The predicted molar refractivity (Wildman–Crippen MR) is 110 cm³/mol. The second kappa shape index (κ2) is 8.90. The molecule has 0 heterocycles. The number of ether oxygens (including phenoxy) is 2. The third-order valence-corrected chi connectivity index (χ3v) is 4.07. The molecule has 0 aliphatic carbocycles. The summed E-state index contributed by atoms with van der Waals surface area (Å²) in [6.07, 6.45) is 0. The molecule has 3 aromatic rings. The molecule has 0 aliphatic rings. The number of methoxy groups -OCH3 is 2. The molecule has 28 heavy (non-hydrogen) atoms. The SMILES string of the molecule is COc1cc(C)ccc1N=Nc1ccc(N=Nc2ccc(C)cc2OC)cc1. The maximum Gasteiger partial charge on any atom is 0.146 e. The summed E-state index contributed by atoms with van der Waals surface area (Å²) in [7, 11) is 3.24. The van der Waals surface area contributed by atoms with E-state index in [9.17, 15) is 0 Å². The highest BCUT2D eigenvalue weighted by atomic mass is 16.5. The molecule has 0 atom stereocenters. The molecule has 0 spiro atoms. The van der Waals surface area contributed by atoms with Gasteiger partial charge in [-0.05, 0) is 73.5 Å². The van der Waals surface area contributed by atoms with Gasteiger partial charge in [-0.2, -0.15) is 10.2 Å². The van der Waals surface area contributed by atoms with Crippen molar-refractivity contribution in [2.75, 3.05) is 14.2 Å². The normalized spacial score (nSPS) is 11.3. The average molecular weight is 374 g/mol. The van der Waals surface area contributed by atoms with Crippen molar-refractivity contribution in [1.29, 1.82) is 0 Å². The van der Waals surface area contributed by atoms with Crippen LogP contribution in [0.2, 0.25) is 0 Å². The maximum atomic E-state index is 5.34. The summed E-state index contributed by atoms with van der Waals surface area (Å²) in [4.78, 5) is 0. The zero-order chi connectivity index (χ0) is 19.9. The van der Waals surface area contributed by atoms with E-state index in [-0.39, 0.29) is 0 Å². The lowest BCUT2D eigenvalue weighted by Crippen LogP contribution is -1.84. The van der Waals surface area contributed by atoms with Gasteiger partial charge in [0.2, 0.25) is 0 Å². The van der Waals surface area contributed by atoms with Gasteiger partial charge in [-0.1, -0.05) is 12.1 Å². The van der Waals surface area contributed by atoms with Crippen LogP contribution >= 0.6 is 0 Å². The van der Waals surface area contributed by atoms with E-state index < -0.39 is 0 Å². The minimum atomic E-state index is 0.684. The molecule has 0 bridgehead atoms. The third-order valence-electron chi connectivity index (χ3n) is 4.07. The largest absolute Gasteiger partial charge is 0.494 e. The number of aryl methyl sites for hydroxylation is 2. The van der Waals surface area contributed by atoms with E-state index in [4.69, 9.17) is 9.47 Å². The van der Waals surface area contributed by atoms with Crippen LogP contribution in [-0.2, 0) is 0 Å². The van der Waals surface area contributed by atoms with Crippen LogP contribution in [-0.4, -0.2) is 14.2 Å². The van der Waals surface area contributed by atoms with Crippen LogP contribution in [0.4, 0.5) is 22.7 Å². The fourth-order valence-corrected chi connectivity index (χ4v) is 2.54. The van der Waals surface area contributed by atoms with E-state index in [1.807, 2.05) is 74.5 Å². The predicted octanol–water partition coefficient (Wildman–Crippen LogP) is 7.15. The lowest BCUT2D eigenvalue weighted by molar-refractivity contribution is 0.415. The summed E-state index contributed by atoms with van der Waals surface area (Å²) in [6.45, 7) is 4.01. The monoisotopic (exact) mass is 374 g/mol. The van der Waals surface area contributed by atoms with Gasteiger partial charge in [-0.15, -0.1) is 10.2 Å². The highest BCUT2D eigenvalue weighted by Gasteiger charge is 2.03. The van der Waals surface area contributed by atoms with E-state index in [0.29, 0.717) is 22.9 Å². The molecule has 0 fully saturated rings. The van der Waals surface area contributed by atoms with Gasteiger partial charge in [0.15, 0.2) is 0 Å². The van der Waals surface area contributed by atoms with Crippen LogP contribution in [0.5, 0.6) is 11.5 Å². The molecule has 6 nitrogen and oxygen atoms in total. The first-order chi connectivity index (χ1) is 13.6. The van der Waals surface area contributed by atoms with Crippen LogP contribution in [0.15, 0.2) is 81.1 Å². The molecule has 0 radical (unpaired) electrons. The zero-order valence-corrected chi connectivity index (χ0v) is 16.4. The molecular weight excluding hydrogens is 352 g/mol. The Morgan fingerprint density at radius 3 is 1.29 bits per heavy atom. The first kappa shape index (κ1) is 19.2. The Balaban J connectivity index is 1.74. The molecule has 0 saturated carbocycles. The standard InChI is InChI=1S/C22H22N4O2/c1-15-5-11-19(21(13-15)27-3)25-23-17-7-9-18(10-8-17)24-26-20-12-6-16(2)14-22(20)28-4/h5-14H,1-4H3. The van der Waals surface area contributed by atoms with E-state index in [0.717, 1.165) is 22.5 Å². The third kappa shape index (κ3) is 4.79. The minimum Gasteiger partial charge on any atom is -0.494 e. The molecule has 0 saturated heterocycles. The molecule has 0 aromatic heterocycles. The summed E-state index contributed by atoms with van der Waals surface area (Å²) in [5, 5.41) is 17.1. The number of azo groups is 2. The Morgan fingerprint density at radius 1 is 0.536 bits per heavy atom. The van der Waals surface area contributed by atoms with Crippen LogP contribution in [0.25, 0.3) is 0 Å². The lowest BCUT2D eigenvalue weighted by Gasteiger charge is -2.04. The Hall–Kier alpha value is -3.54. The second-order valence-electron chi connectivity index (χ2n) is 6.27. The van der Waals surface area contributed by atoms with E-state index in [1.54, 1.807) is 14.2 Å². The van der Waals surface area contributed by atoms with Gasteiger partial charge in [0, 0.05) is 0 Å². The van der Waals surface area contributed by atoms with Crippen molar-refractivity contribution in [1.82, 2.24) is 0 Å². The number of benzene rings is 3. The Bertz CT molecular complexity index is 929. The highest BCUT2D eigenvalue weighted by Crippen LogP contribution is 2.32. The van der Waals surface area contributed by atoms with E-state index >= 15 is 0 Å². The lowest BCUT2D eigenvalue weighted by atomic mass is 10.2. The van der Waals surface area contributed by atoms with Gasteiger partial charge < -0.3 is 9.47 Å². The topological polar surface area (TPSA) is 67.9 Å². The molecule has 6 heteroatoms. The van der Waals surface area contributed by atoms with Crippen molar-refractivity contribution in [3.8, 4) is 11.5 Å². The zero-order valence-electron chi connectivity index (χ0n) is 16.4. The van der Waals surface area contributed by atoms with Gasteiger partial charge in [0.25, 0.3) is 0 Å². The Morgan fingerprint density at radius 2 is 0.929 bits per heavy atom. The van der Waals surface area contributed by atoms with Crippen LogP contribution in [0.3, 0.4) is 0 Å². The molecule has 3 rings (SSSR count). The highest BCUT2D eigenvalue weighted by molar-refractivity contribution is 5.55. The molecule has 3 aromatic carbocycles. The number of nitrogens with zero attached hydrogens (tertiary/aromatic N) is 4. The number of rotatable bonds is 6. The van der Waals surface area contributed by atoms with Gasteiger partial charge in [0.05, 0.1) is 25.6 Å². The van der Waals surface area contributed by atoms with Gasteiger partial charge in [-0.25, -0.2) is 0 Å². The molecule has 0 N–H and O–H groups in total. The molecule has 0 aliphatic heterocycles. The van der Waals surface area contributed by atoms with Crippen molar-refractivity contribution in [2.24, 2.45) is 20.5 Å². The van der Waals surface area contributed by atoms with Crippen molar-refractivity contribution in [3.05, 3.63) is 71.8 Å². The number of hydrogen-bond acceptors (Lipinski definition) is 6. The molecule has 0 unspecified atom stereocenters. The summed E-state index contributed by atoms with van der Waals surface area (Å²) >= 11 is 0. The van der Waals surface area contributed by atoms with Crippen molar-refractivity contribution in [2.45, 2.75) is 13.8 Å². The Kier molecular flexibility index (Phi) is 6.11. The number of hydrogen-bond donors (Lipinski definition) is 0. The molecule has 142 valence electrons. The van der Waals surface area contributed by atoms with Crippen LogP contribution in [0.1, 0.15) is 11.1 Å². The van der Waals surface area contributed by atoms with Crippen molar-refractivity contribution in [3.63, 3.8) is 0 Å². The van der Waals surface area contributed by atoms with Crippen LogP contribution < -0.4 is 9.47 Å². The average Bonchev–Trinajstić information content (AvgIpc) is 2.72. The maximum absolute atomic E-state index is 5.34. The molecule has 0 amide bonds. The van der Waals surface area contributed by atoms with Crippen molar-refractivity contribution < 1.29 is 9.47 Å². The minimum absolute atomic E-state index is 0.684. The fourth-order valence-electron chi connectivity index (χ4n) is 2.54. The van der Waals surface area contributed by atoms with Crippen molar-refractivity contribution >= 4 is 22.7 Å². The summed E-state index contributed by atoms with van der Waals surface area (Å²) in [6, 6.07) is 18.9. The summed E-state index contributed by atoms with van der Waals surface area (Å²) < 4.78 is 10.7. The van der Waals surface area contributed by atoms with Gasteiger partial charge in [-0.3, -0.25) is 0 Å². The first-order valence-electron chi connectivity index (χ1n) is 8.82. The Labute approximate surface area is 164 Å². The molecular formula is C22H22N4O2.